The number of carboxylic acid groups (broad SMARTS) is 1. The molecule has 0 saturated carbocycles. The Morgan fingerprint density at radius 1 is 0.932 bits per heavy atom. The van der Waals surface area contributed by atoms with E-state index in [9.17, 15) is 70.9 Å². The zero-order chi connectivity index (χ0) is 32.4. The van der Waals surface area contributed by atoms with Crippen LogP contribution in [-0.2, 0) is 33.3 Å². The van der Waals surface area contributed by atoms with Crippen molar-refractivity contribution in [2.75, 3.05) is 19.8 Å². The van der Waals surface area contributed by atoms with E-state index in [-0.39, 0.29) is 29.6 Å². The van der Waals surface area contributed by atoms with Crippen molar-refractivity contribution in [3.05, 3.63) is 0 Å². The van der Waals surface area contributed by atoms with E-state index in [0.717, 1.165) is 6.92 Å². The number of aliphatic hydroxyl groups is 11. The summed E-state index contributed by atoms with van der Waals surface area (Å²) in [5.41, 5.74) is 0. The fourth-order valence-corrected chi connectivity index (χ4v) is 5.15. The number of aliphatic carboxylic acids is 1. The van der Waals surface area contributed by atoms with Crippen molar-refractivity contribution in [1.29, 1.82) is 0 Å². The van der Waals surface area contributed by atoms with E-state index in [1.54, 1.807) is 0 Å². The minimum absolute atomic E-state index is 0. The molecule has 0 aromatic rings. The van der Waals surface area contributed by atoms with Crippen LogP contribution in [0.15, 0.2) is 0 Å². The van der Waals surface area contributed by atoms with E-state index in [4.69, 9.17) is 23.7 Å². The smallest absolute Gasteiger partial charge is 0.544 e. The first-order chi connectivity index (χ1) is 20.1. The third kappa shape index (κ3) is 8.23. The third-order valence-electron chi connectivity index (χ3n) is 7.45. The van der Waals surface area contributed by atoms with Crippen molar-refractivity contribution < 1.29 is 124 Å². The van der Waals surface area contributed by atoms with E-state index in [1.807, 2.05) is 0 Å². The maximum atomic E-state index is 12.4. The molecule has 0 aromatic heterocycles. The molecule has 0 spiro atoms. The van der Waals surface area contributed by atoms with Gasteiger partial charge in [-0.25, -0.2) is 0 Å². The van der Waals surface area contributed by atoms with Crippen molar-refractivity contribution in [3.8, 4) is 0 Å². The van der Waals surface area contributed by atoms with E-state index in [1.165, 1.54) is 0 Å². The maximum absolute atomic E-state index is 12.4. The molecule has 3 rings (SSSR count). The Morgan fingerprint density at radius 3 is 2.07 bits per heavy atom. The number of hydrogen-bond donors (Lipinski definition) is 12. The molecule has 0 aromatic carbocycles. The Hall–Kier alpha value is -0.700. The van der Waals surface area contributed by atoms with Gasteiger partial charge in [0.1, 0.15) is 73.1 Å². The maximum Gasteiger partial charge on any atom is 1.00 e. The van der Waals surface area contributed by atoms with Gasteiger partial charge in [-0.15, -0.1) is 0 Å². The first-order valence-electron chi connectivity index (χ1n) is 13.2. The largest absolute Gasteiger partial charge is 1.00 e. The number of nitrogens with one attached hydrogen (secondary N) is 1. The molecular formula is C23H38NNaO19. The van der Waals surface area contributed by atoms with Crippen LogP contribution in [0.5, 0.6) is 0 Å². The standard InChI is InChI=1S/C23H39NO19.Na/c1-6(28)24-11-7(29)2-23(22(37)38,42-18(11)12(31)8(30)3-25)43-19-13(32)9(4-26)40-21(16(19)35)41-17-10(5-27)39-20(36)15(34)14(17)33;/h7-21,25-27,29-36H,2-5H2,1H3,(H,24,28)(H,37,38);/q;+1/p-1/t7?,8-,9?,10?,11?,12-,13?,14?,15?,16?,17?,18?,19?,20?,21?,23?;/m1./s1. The third-order valence-corrected chi connectivity index (χ3v) is 7.45. The van der Waals surface area contributed by atoms with E-state index in [2.05, 4.69) is 5.32 Å². The molecule has 3 saturated heterocycles. The predicted octanol–water partition coefficient (Wildman–Crippen LogP) is -12.6. The molecule has 250 valence electrons. The molecule has 0 radical (unpaired) electrons. The summed E-state index contributed by atoms with van der Waals surface area (Å²) in [6.07, 6.45) is -28.2. The Labute approximate surface area is 271 Å². The summed E-state index contributed by atoms with van der Waals surface area (Å²) < 4.78 is 26.7. The van der Waals surface area contributed by atoms with Crippen LogP contribution in [0.2, 0.25) is 0 Å². The molecule has 1 amide bonds. The monoisotopic (exact) mass is 655 g/mol. The second-order valence-electron chi connectivity index (χ2n) is 10.5. The molecule has 12 N–H and O–H groups in total. The molecule has 20 nitrogen and oxygen atoms in total. The first kappa shape index (κ1) is 39.5. The number of carboxylic acids is 1. The van der Waals surface area contributed by atoms with E-state index < -0.39 is 136 Å². The summed E-state index contributed by atoms with van der Waals surface area (Å²) in [6, 6.07) is -1.57. The average molecular weight is 656 g/mol. The van der Waals surface area contributed by atoms with Gasteiger partial charge < -0.3 is 95.1 Å². The minimum Gasteiger partial charge on any atom is -0.544 e. The number of rotatable bonds is 11. The second-order valence-corrected chi connectivity index (χ2v) is 10.5. The summed E-state index contributed by atoms with van der Waals surface area (Å²) in [5, 5.41) is 127. The van der Waals surface area contributed by atoms with Crippen molar-refractivity contribution in [2.45, 2.75) is 111 Å². The number of amides is 1. The fourth-order valence-electron chi connectivity index (χ4n) is 5.15. The van der Waals surface area contributed by atoms with Crippen LogP contribution >= 0.6 is 0 Å². The molecule has 3 heterocycles. The van der Waals surface area contributed by atoms with Crippen LogP contribution < -0.4 is 40.0 Å². The first-order valence-corrected chi connectivity index (χ1v) is 13.2. The van der Waals surface area contributed by atoms with Gasteiger partial charge in [0.05, 0.1) is 32.0 Å². The van der Waals surface area contributed by atoms with Crippen LogP contribution in [0, 0.1) is 0 Å². The molecule has 21 heteroatoms. The fraction of sp³-hybridized carbons (Fsp3) is 0.913. The summed E-state index contributed by atoms with van der Waals surface area (Å²) in [4.78, 5) is 24.1. The van der Waals surface area contributed by atoms with Crippen molar-refractivity contribution >= 4 is 11.9 Å². The quantitative estimate of drug-likeness (QED) is 0.0919. The van der Waals surface area contributed by atoms with Crippen molar-refractivity contribution in [3.63, 3.8) is 0 Å². The second kappa shape index (κ2) is 16.4. The summed E-state index contributed by atoms with van der Waals surface area (Å²) in [7, 11) is 0. The van der Waals surface area contributed by atoms with Gasteiger partial charge in [-0.1, -0.05) is 0 Å². The van der Waals surface area contributed by atoms with Crippen LogP contribution in [0.4, 0.5) is 0 Å². The van der Waals surface area contributed by atoms with Gasteiger partial charge in [0.15, 0.2) is 12.6 Å². The Bertz CT molecular complexity index is 949. The van der Waals surface area contributed by atoms with Crippen molar-refractivity contribution in [1.82, 2.24) is 5.32 Å². The minimum atomic E-state index is -3.13. The van der Waals surface area contributed by atoms with Gasteiger partial charge in [-0.3, -0.25) is 4.79 Å². The van der Waals surface area contributed by atoms with Gasteiger partial charge in [0.2, 0.25) is 11.7 Å². The van der Waals surface area contributed by atoms with Crippen LogP contribution in [0.1, 0.15) is 13.3 Å². The van der Waals surface area contributed by atoms with Crippen molar-refractivity contribution in [2.24, 2.45) is 0 Å². The Morgan fingerprint density at radius 2 is 1.55 bits per heavy atom. The van der Waals surface area contributed by atoms with Gasteiger partial charge in [-0.05, 0) is 0 Å². The van der Waals surface area contributed by atoms with Gasteiger partial charge in [-0.2, -0.15) is 0 Å². The molecular weight excluding hydrogens is 617 g/mol. The zero-order valence-corrected chi connectivity index (χ0v) is 25.7. The van der Waals surface area contributed by atoms with E-state index in [0.29, 0.717) is 0 Å². The molecule has 0 bridgehead atoms. The zero-order valence-electron chi connectivity index (χ0n) is 23.7. The number of aliphatic hydroxyl groups excluding tert-OH is 11. The number of ether oxygens (including phenoxy) is 5. The molecule has 0 aliphatic carbocycles. The Kier molecular flexibility index (Phi) is 14.7. The number of hydrogen-bond acceptors (Lipinski definition) is 19. The summed E-state index contributed by atoms with van der Waals surface area (Å²) in [5.74, 6) is -6.12. The molecule has 44 heavy (non-hydrogen) atoms. The normalized spacial score (nSPS) is 44.2. The summed E-state index contributed by atoms with van der Waals surface area (Å²) >= 11 is 0. The number of carbonyl (C=O) groups is 2. The van der Waals surface area contributed by atoms with Gasteiger partial charge >= 0.3 is 29.6 Å². The van der Waals surface area contributed by atoms with Gasteiger partial charge in [0.25, 0.3) is 0 Å². The molecule has 3 aliphatic heterocycles. The number of carbonyl (C=O) groups excluding carboxylic acids is 2. The van der Waals surface area contributed by atoms with Gasteiger partial charge in [0, 0.05) is 13.3 Å². The molecule has 16 atom stereocenters. The predicted molar refractivity (Wildman–Crippen MR) is 127 cm³/mol. The topological polar surface area (TPSA) is 338 Å². The van der Waals surface area contributed by atoms with Crippen LogP contribution in [0.3, 0.4) is 0 Å². The molecule has 3 aliphatic rings. The molecule has 3 fully saturated rings. The summed E-state index contributed by atoms with van der Waals surface area (Å²) in [6.45, 7) is -1.90. The van der Waals surface area contributed by atoms with E-state index >= 15 is 0 Å². The average Bonchev–Trinajstić information content (AvgIpc) is 2.96. The SMILES string of the molecule is CC(=O)NC1C(O)CC(OC2C(O)C(CO)OC(OC3C(CO)OC(O)C(O)C3O)C2O)(C(=O)[O-])OC1[C@H](O)[C@H](O)CO.[Na+]. The van der Waals surface area contributed by atoms with Crippen LogP contribution in [-0.4, -0.2) is 186 Å². The van der Waals surface area contributed by atoms with Crippen LogP contribution in [0.25, 0.3) is 0 Å². The molecule has 14 unspecified atom stereocenters. The Balaban J connectivity index is 0.00000675.